The van der Waals surface area contributed by atoms with Crippen molar-refractivity contribution in [1.82, 2.24) is 20.2 Å². The van der Waals surface area contributed by atoms with Gasteiger partial charge in [-0.25, -0.2) is 0 Å². The SMILES string of the molecule is CC(C)c1ccc(-c2nnn([C@@H](C)C(=O)Nc3ccc(C#N)cc3)n2)cc1. The minimum Gasteiger partial charge on any atom is -0.324 e. The van der Waals surface area contributed by atoms with Crippen LogP contribution in [0.25, 0.3) is 11.4 Å². The number of aromatic nitrogens is 4. The third-order valence-electron chi connectivity index (χ3n) is 4.27. The molecule has 0 saturated heterocycles. The number of carbonyl (C=O) groups excluding carboxylic acids is 1. The first-order valence-electron chi connectivity index (χ1n) is 8.69. The molecule has 3 aromatic rings. The first-order valence-corrected chi connectivity index (χ1v) is 8.69. The molecule has 0 aliphatic rings. The molecule has 27 heavy (non-hydrogen) atoms. The number of nitrogens with zero attached hydrogens (tertiary/aromatic N) is 5. The number of amides is 1. The summed E-state index contributed by atoms with van der Waals surface area (Å²) in [5.41, 5.74) is 3.23. The van der Waals surface area contributed by atoms with Crippen LogP contribution in [0.1, 0.15) is 43.9 Å². The van der Waals surface area contributed by atoms with Crippen molar-refractivity contribution in [2.75, 3.05) is 5.32 Å². The van der Waals surface area contributed by atoms with Crippen molar-refractivity contribution in [2.45, 2.75) is 32.7 Å². The van der Waals surface area contributed by atoms with Gasteiger partial charge in [-0.3, -0.25) is 4.79 Å². The van der Waals surface area contributed by atoms with Gasteiger partial charge in [0.2, 0.25) is 5.82 Å². The number of nitriles is 1. The van der Waals surface area contributed by atoms with E-state index in [9.17, 15) is 4.79 Å². The molecule has 7 nitrogen and oxygen atoms in total. The van der Waals surface area contributed by atoms with Gasteiger partial charge in [0.05, 0.1) is 11.6 Å². The summed E-state index contributed by atoms with van der Waals surface area (Å²) in [7, 11) is 0. The van der Waals surface area contributed by atoms with Crippen molar-refractivity contribution in [3.8, 4) is 17.5 Å². The lowest BCUT2D eigenvalue weighted by atomic mass is 10.0. The molecule has 1 aromatic heterocycles. The molecule has 0 bridgehead atoms. The van der Waals surface area contributed by atoms with E-state index in [0.717, 1.165) is 5.56 Å². The maximum Gasteiger partial charge on any atom is 0.250 e. The fourth-order valence-corrected chi connectivity index (χ4v) is 2.50. The van der Waals surface area contributed by atoms with Gasteiger partial charge in [-0.2, -0.15) is 10.1 Å². The van der Waals surface area contributed by atoms with E-state index in [1.165, 1.54) is 10.4 Å². The number of tetrazole rings is 1. The normalized spacial score (nSPS) is 11.8. The minimum absolute atomic E-state index is 0.265. The summed E-state index contributed by atoms with van der Waals surface area (Å²) >= 11 is 0. The highest BCUT2D eigenvalue weighted by Gasteiger charge is 2.19. The number of rotatable bonds is 5. The van der Waals surface area contributed by atoms with E-state index in [4.69, 9.17) is 5.26 Å². The van der Waals surface area contributed by atoms with E-state index in [-0.39, 0.29) is 5.91 Å². The van der Waals surface area contributed by atoms with Crippen molar-refractivity contribution in [3.05, 3.63) is 59.7 Å². The van der Waals surface area contributed by atoms with Gasteiger partial charge >= 0.3 is 0 Å². The molecule has 2 aromatic carbocycles. The van der Waals surface area contributed by atoms with Crippen LogP contribution in [-0.4, -0.2) is 26.1 Å². The molecule has 0 aliphatic heterocycles. The van der Waals surface area contributed by atoms with E-state index in [1.54, 1.807) is 31.2 Å². The summed E-state index contributed by atoms with van der Waals surface area (Å²) < 4.78 is 0. The third kappa shape index (κ3) is 4.18. The van der Waals surface area contributed by atoms with Crippen LogP contribution >= 0.6 is 0 Å². The Hall–Kier alpha value is -3.53. The number of benzene rings is 2. The van der Waals surface area contributed by atoms with E-state index < -0.39 is 6.04 Å². The van der Waals surface area contributed by atoms with Gasteiger partial charge in [0, 0.05) is 11.3 Å². The molecular weight excluding hydrogens is 340 g/mol. The summed E-state index contributed by atoms with van der Waals surface area (Å²) in [6, 6.07) is 16.1. The van der Waals surface area contributed by atoms with Gasteiger partial charge in [0.25, 0.3) is 5.91 Å². The smallest absolute Gasteiger partial charge is 0.250 e. The molecular formula is C20H20N6O. The third-order valence-corrected chi connectivity index (χ3v) is 4.27. The van der Waals surface area contributed by atoms with E-state index >= 15 is 0 Å². The highest BCUT2D eigenvalue weighted by atomic mass is 16.2. The Morgan fingerprint density at radius 1 is 1.07 bits per heavy atom. The average molecular weight is 360 g/mol. The largest absolute Gasteiger partial charge is 0.324 e. The van der Waals surface area contributed by atoms with Crippen LogP contribution in [0.2, 0.25) is 0 Å². The van der Waals surface area contributed by atoms with E-state index in [1.807, 2.05) is 30.3 Å². The number of hydrogen-bond acceptors (Lipinski definition) is 5. The van der Waals surface area contributed by atoms with Crippen LogP contribution in [0, 0.1) is 11.3 Å². The van der Waals surface area contributed by atoms with Gasteiger partial charge in [0.15, 0.2) is 0 Å². The first kappa shape index (κ1) is 18.3. The predicted octanol–water partition coefficient (Wildman–Crippen LogP) is 3.53. The van der Waals surface area contributed by atoms with Gasteiger partial charge < -0.3 is 5.32 Å². The lowest BCUT2D eigenvalue weighted by molar-refractivity contribution is -0.119. The minimum atomic E-state index is -0.628. The van der Waals surface area contributed by atoms with Crippen molar-refractivity contribution in [2.24, 2.45) is 0 Å². The molecule has 0 aliphatic carbocycles. The fourth-order valence-electron chi connectivity index (χ4n) is 2.50. The second-order valence-electron chi connectivity index (χ2n) is 6.56. The molecule has 1 atom stereocenters. The number of hydrogen-bond donors (Lipinski definition) is 1. The van der Waals surface area contributed by atoms with Crippen LogP contribution < -0.4 is 5.32 Å². The van der Waals surface area contributed by atoms with Crippen molar-refractivity contribution < 1.29 is 4.79 Å². The molecule has 1 amide bonds. The van der Waals surface area contributed by atoms with Crippen molar-refractivity contribution >= 4 is 11.6 Å². The van der Waals surface area contributed by atoms with Crippen molar-refractivity contribution in [3.63, 3.8) is 0 Å². The summed E-state index contributed by atoms with van der Waals surface area (Å²) in [6.45, 7) is 5.97. The summed E-state index contributed by atoms with van der Waals surface area (Å²) in [5, 5.41) is 24.0. The van der Waals surface area contributed by atoms with Crippen LogP contribution in [0.4, 0.5) is 5.69 Å². The number of carbonyl (C=O) groups is 1. The van der Waals surface area contributed by atoms with Gasteiger partial charge in [-0.05, 0) is 47.9 Å². The Bertz CT molecular complexity index is 967. The van der Waals surface area contributed by atoms with Gasteiger partial charge in [0.1, 0.15) is 6.04 Å². The molecule has 0 unspecified atom stereocenters. The zero-order valence-electron chi connectivity index (χ0n) is 15.4. The highest BCUT2D eigenvalue weighted by molar-refractivity contribution is 5.93. The first-order chi connectivity index (χ1) is 13.0. The molecule has 7 heteroatoms. The molecule has 0 saturated carbocycles. The van der Waals surface area contributed by atoms with Crippen LogP contribution in [-0.2, 0) is 4.79 Å². The molecule has 0 fully saturated rings. The van der Waals surface area contributed by atoms with Crippen LogP contribution in [0.3, 0.4) is 0 Å². The summed E-state index contributed by atoms with van der Waals surface area (Å²) in [6.07, 6.45) is 0. The second kappa shape index (κ2) is 7.79. The Labute approximate surface area is 157 Å². The van der Waals surface area contributed by atoms with Crippen molar-refractivity contribution in [1.29, 1.82) is 5.26 Å². The van der Waals surface area contributed by atoms with Gasteiger partial charge in [-0.15, -0.1) is 10.2 Å². The predicted molar refractivity (Wildman–Crippen MR) is 102 cm³/mol. The Morgan fingerprint density at radius 3 is 2.33 bits per heavy atom. The Kier molecular flexibility index (Phi) is 5.27. The summed E-state index contributed by atoms with van der Waals surface area (Å²) in [4.78, 5) is 13.7. The van der Waals surface area contributed by atoms with Crippen LogP contribution in [0.15, 0.2) is 48.5 Å². The molecule has 1 heterocycles. The molecule has 3 rings (SSSR count). The lowest BCUT2D eigenvalue weighted by Crippen LogP contribution is -2.25. The molecule has 1 N–H and O–H groups in total. The van der Waals surface area contributed by atoms with E-state index in [2.05, 4.69) is 34.6 Å². The molecule has 0 radical (unpaired) electrons. The number of anilines is 1. The number of nitrogens with one attached hydrogen (secondary N) is 1. The second-order valence-corrected chi connectivity index (χ2v) is 6.56. The summed E-state index contributed by atoms with van der Waals surface area (Å²) in [5.74, 6) is 0.663. The van der Waals surface area contributed by atoms with Crippen LogP contribution in [0.5, 0.6) is 0 Å². The standard InChI is InChI=1S/C20H20N6O/c1-13(2)16-6-8-17(9-7-16)19-23-25-26(24-19)14(3)20(27)22-18-10-4-15(12-21)5-11-18/h4-11,13-14H,1-3H3,(H,22,27)/t14-/m0/s1. The zero-order valence-corrected chi connectivity index (χ0v) is 15.4. The maximum absolute atomic E-state index is 12.4. The maximum atomic E-state index is 12.4. The monoisotopic (exact) mass is 360 g/mol. The van der Waals surface area contributed by atoms with E-state index in [0.29, 0.717) is 23.0 Å². The molecule has 136 valence electrons. The quantitative estimate of drug-likeness (QED) is 0.751. The highest BCUT2D eigenvalue weighted by Crippen LogP contribution is 2.20. The Balaban J connectivity index is 1.70. The molecule has 0 spiro atoms. The zero-order chi connectivity index (χ0) is 19.4. The Morgan fingerprint density at radius 2 is 1.74 bits per heavy atom. The fraction of sp³-hybridized carbons (Fsp3) is 0.250. The van der Waals surface area contributed by atoms with Gasteiger partial charge in [-0.1, -0.05) is 38.1 Å². The lowest BCUT2D eigenvalue weighted by Gasteiger charge is -2.10. The average Bonchev–Trinajstić information content (AvgIpc) is 3.18. The topological polar surface area (TPSA) is 96.5 Å².